The molecule has 2 saturated heterocycles. The molecule has 2 nitrogen and oxygen atoms in total. The van der Waals surface area contributed by atoms with Crippen LogP contribution in [0.1, 0.15) is 44.1 Å². The van der Waals surface area contributed by atoms with Crippen LogP contribution in [0.2, 0.25) is 10.0 Å². The van der Waals surface area contributed by atoms with E-state index in [0.717, 1.165) is 24.1 Å². The second-order valence-corrected chi connectivity index (χ2v) is 7.41. The second kappa shape index (κ2) is 8.01. The number of halogens is 2. The van der Waals surface area contributed by atoms with E-state index in [4.69, 9.17) is 27.9 Å². The Balaban J connectivity index is 1.43. The molecule has 2 aliphatic heterocycles. The minimum Gasteiger partial charge on any atom is -0.377 e. The van der Waals surface area contributed by atoms with Gasteiger partial charge < -0.3 is 9.64 Å². The Hall–Kier alpha value is -0.280. The molecule has 2 unspecified atom stereocenters. The van der Waals surface area contributed by atoms with Crippen LogP contribution in [-0.4, -0.2) is 30.6 Å². The summed E-state index contributed by atoms with van der Waals surface area (Å²) in [6.45, 7) is 4.09. The third kappa shape index (κ3) is 4.17. The Labute approximate surface area is 143 Å². The number of piperidine rings is 2. The van der Waals surface area contributed by atoms with Gasteiger partial charge in [0, 0.05) is 12.6 Å². The van der Waals surface area contributed by atoms with Gasteiger partial charge in [0.05, 0.1) is 16.7 Å². The molecule has 2 heterocycles. The van der Waals surface area contributed by atoms with Crippen LogP contribution in [-0.2, 0) is 11.3 Å². The van der Waals surface area contributed by atoms with Gasteiger partial charge in [0.15, 0.2) is 0 Å². The number of hydrogen-bond donors (Lipinski definition) is 0. The van der Waals surface area contributed by atoms with Crippen molar-refractivity contribution in [1.82, 2.24) is 4.90 Å². The lowest BCUT2D eigenvalue weighted by atomic mass is 9.82. The van der Waals surface area contributed by atoms with Crippen molar-refractivity contribution in [1.29, 1.82) is 0 Å². The number of nitrogens with zero attached hydrogens (tertiary/aromatic N) is 1. The van der Waals surface area contributed by atoms with Crippen LogP contribution in [0.25, 0.3) is 0 Å². The predicted molar refractivity (Wildman–Crippen MR) is 92.7 cm³/mol. The van der Waals surface area contributed by atoms with Crippen LogP contribution in [0.5, 0.6) is 0 Å². The van der Waals surface area contributed by atoms with Gasteiger partial charge in [-0.2, -0.15) is 0 Å². The molecule has 1 aromatic carbocycles. The third-order valence-corrected chi connectivity index (χ3v) is 5.85. The minimum absolute atomic E-state index is 0.602. The molecule has 3 rings (SSSR count). The van der Waals surface area contributed by atoms with Crippen molar-refractivity contribution in [3.05, 3.63) is 33.8 Å². The number of ether oxygens (including phenoxy) is 1. The zero-order valence-corrected chi connectivity index (χ0v) is 14.6. The van der Waals surface area contributed by atoms with Gasteiger partial charge in [0.2, 0.25) is 0 Å². The van der Waals surface area contributed by atoms with Gasteiger partial charge in [0.1, 0.15) is 0 Å². The quantitative estimate of drug-likeness (QED) is 0.685. The maximum atomic E-state index is 6.03. The monoisotopic (exact) mass is 341 g/mol. The highest BCUT2D eigenvalue weighted by Crippen LogP contribution is 2.32. The van der Waals surface area contributed by atoms with Crippen LogP contribution >= 0.6 is 23.2 Å². The zero-order chi connectivity index (χ0) is 15.4. The zero-order valence-electron chi connectivity index (χ0n) is 13.1. The van der Waals surface area contributed by atoms with Crippen molar-refractivity contribution < 1.29 is 4.74 Å². The molecule has 0 aromatic heterocycles. The second-order valence-electron chi connectivity index (χ2n) is 6.59. The van der Waals surface area contributed by atoms with Gasteiger partial charge in [-0.25, -0.2) is 0 Å². The molecule has 122 valence electrons. The van der Waals surface area contributed by atoms with Crippen molar-refractivity contribution in [2.45, 2.75) is 51.2 Å². The predicted octanol–water partition coefficient (Wildman–Crippen LogP) is 5.16. The van der Waals surface area contributed by atoms with Gasteiger partial charge in [-0.05, 0) is 68.8 Å². The normalized spacial score (nSPS) is 25.9. The van der Waals surface area contributed by atoms with Gasteiger partial charge >= 0.3 is 0 Å². The first-order valence-corrected chi connectivity index (χ1v) is 9.25. The molecular formula is C18H25Cl2NO. The smallest absolute Gasteiger partial charge is 0.0717 e. The highest BCUT2D eigenvalue weighted by Gasteiger charge is 2.32. The van der Waals surface area contributed by atoms with E-state index in [2.05, 4.69) is 4.90 Å². The van der Waals surface area contributed by atoms with Gasteiger partial charge in [-0.15, -0.1) is 0 Å². The van der Waals surface area contributed by atoms with Crippen molar-refractivity contribution in [3.8, 4) is 0 Å². The Morgan fingerprint density at radius 1 is 1.05 bits per heavy atom. The molecule has 4 heteroatoms. The summed E-state index contributed by atoms with van der Waals surface area (Å²) in [4.78, 5) is 2.72. The fourth-order valence-corrected chi connectivity index (χ4v) is 4.29. The lowest BCUT2D eigenvalue weighted by Crippen LogP contribution is -2.48. The van der Waals surface area contributed by atoms with E-state index >= 15 is 0 Å². The van der Waals surface area contributed by atoms with Crippen LogP contribution < -0.4 is 0 Å². The molecule has 1 aromatic rings. The summed E-state index contributed by atoms with van der Waals surface area (Å²) in [5.41, 5.74) is 1.09. The topological polar surface area (TPSA) is 12.5 Å². The van der Waals surface area contributed by atoms with Crippen LogP contribution in [0.4, 0.5) is 0 Å². The summed E-state index contributed by atoms with van der Waals surface area (Å²) in [6, 6.07) is 6.53. The SMILES string of the molecule is Clc1ccc(COCCC2CCCN3CCCCC23)cc1Cl. The van der Waals surface area contributed by atoms with Gasteiger partial charge in [-0.1, -0.05) is 35.7 Å². The van der Waals surface area contributed by atoms with Crippen molar-refractivity contribution in [2.75, 3.05) is 19.7 Å². The molecule has 22 heavy (non-hydrogen) atoms. The van der Waals surface area contributed by atoms with E-state index in [0.29, 0.717) is 16.7 Å². The standard InChI is InChI=1S/C18H25Cl2NO/c19-16-7-6-14(12-17(16)20)13-22-11-8-15-4-3-10-21-9-2-1-5-18(15)21/h6-7,12,15,18H,1-5,8-11,13H2. The number of fused-ring (bicyclic) bond motifs is 1. The third-order valence-electron chi connectivity index (χ3n) is 5.11. The summed E-state index contributed by atoms with van der Waals surface area (Å²) in [7, 11) is 0. The largest absolute Gasteiger partial charge is 0.377 e. The molecular weight excluding hydrogens is 317 g/mol. The summed E-state index contributed by atoms with van der Waals surface area (Å²) in [5, 5.41) is 1.21. The summed E-state index contributed by atoms with van der Waals surface area (Å²) in [6.07, 6.45) is 8.09. The molecule has 2 fully saturated rings. The summed E-state index contributed by atoms with van der Waals surface area (Å²) < 4.78 is 5.88. The average Bonchev–Trinajstić information content (AvgIpc) is 2.55. The highest BCUT2D eigenvalue weighted by molar-refractivity contribution is 6.42. The molecule has 0 bridgehead atoms. The molecule has 2 atom stereocenters. The van der Waals surface area contributed by atoms with E-state index in [9.17, 15) is 0 Å². The molecule has 0 spiro atoms. The van der Waals surface area contributed by atoms with E-state index in [-0.39, 0.29) is 0 Å². The van der Waals surface area contributed by atoms with Gasteiger partial charge in [-0.3, -0.25) is 0 Å². The molecule has 0 amide bonds. The van der Waals surface area contributed by atoms with E-state index in [1.807, 2.05) is 18.2 Å². The van der Waals surface area contributed by atoms with Crippen molar-refractivity contribution in [2.24, 2.45) is 5.92 Å². The Kier molecular flexibility index (Phi) is 6.03. The van der Waals surface area contributed by atoms with Crippen LogP contribution in [0, 0.1) is 5.92 Å². The maximum Gasteiger partial charge on any atom is 0.0717 e. The molecule has 0 saturated carbocycles. The maximum absolute atomic E-state index is 6.03. The van der Waals surface area contributed by atoms with E-state index < -0.39 is 0 Å². The van der Waals surface area contributed by atoms with Crippen molar-refractivity contribution >= 4 is 23.2 Å². The molecule has 2 aliphatic rings. The Morgan fingerprint density at radius 2 is 1.91 bits per heavy atom. The molecule has 0 aliphatic carbocycles. The fourth-order valence-electron chi connectivity index (χ4n) is 3.97. The summed E-state index contributed by atoms with van der Waals surface area (Å²) in [5.74, 6) is 0.822. The minimum atomic E-state index is 0.602. The number of rotatable bonds is 5. The van der Waals surface area contributed by atoms with Crippen molar-refractivity contribution in [3.63, 3.8) is 0 Å². The number of benzene rings is 1. The molecule has 0 radical (unpaired) electrons. The number of hydrogen-bond acceptors (Lipinski definition) is 2. The first-order valence-electron chi connectivity index (χ1n) is 8.50. The Bertz CT molecular complexity index is 492. The summed E-state index contributed by atoms with van der Waals surface area (Å²) >= 11 is 12.0. The first kappa shape index (κ1) is 16.6. The Morgan fingerprint density at radius 3 is 2.77 bits per heavy atom. The fraction of sp³-hybridized carbons (Fsp3) is 0.667. The van der Waals surface area contributed by atoms with Crippen LogP contribution in [0.3, 0.4) is 0 Å². The lowest BCUT2D eigenvalue weighted by Gasteiger charge is -2.44. The van der Waals surface area contributed by atoms with E-state index in [1.54, 1.807) is 0 Å². The average molecular weight is 342 g/mol. The highest BCUT2D eigenvalue weighted by atomic mass is 35.5. The first-order chi connectivity index (χ1) is 10.7. The molecule has 0 N–H and O–H groups in total. The van der Waals surface area contributed by atoms with Crippen LogP contribution in [0.15, 0.2) is 18.2 Å². The lowest BCUT2D eigenvalue weighted by molar-refractivity contribution is 0.0324. The van der Waals surface area contributed by atoms with Gasteiger partial charge in [0.25, 0.3) is 0 Å². The van der Waals surface area contributed by atoms with E-state index in [1.165, 1.54) is 51.6 Å².